The molecule has 2 aromatic rings. The second-order valence-electron chi connectivity index (χ2n) is 3.44. The van der Waals surface area contributed by atoms with Crippen molar-refractivity contribution >= 4 is 16.9 Å². The van der Waals surface area contributed by atoms with Crippen LogP contribution in [0.1, 0.15) is 21.6 Å². The summed E-state index contributed by atoms with van der Waals surface area (Å²) in [6.45, 7) is 4.00. The van der Waals surface area contributed by atoms with E-state index in [-0.39, 0.29) is 0 Å². The lowest BCUT2D eigenvalue weighted by Crippen LogP contribution is -1.94. The first kappa shape index (κ1) is 8.81. The number of aryl methyl sites for hydroxylation is 2. The molecule has 1 aromatic carbocycles. The molecule has 2 rings (SSSR count). The van der Waals surface area contributed by atoms with Crippen molar-refractivity contribution in [3.05, 3.63) is 35.0 Å². The highest BCUT2D eigenvalue weighted by molar-refractivity contribution is 5.94. The lowest BCUT2D eigenvalue weighted by molar-refractivity contribution is 0.0697. The number of rotatable bonds is 1. The van der Waals surface area contributed by atoms with E-state index in [1.807, 2.05) is 19.9 Å². The molecule has 1 aromatic heterocycles. The van der Waals surface area contributed by atoms with Gasteiger partial charge >= 0.3 is 5.97 Å². The Bertz CT molecular complexity index is 511. The Morgan fingerprint density at radius 2 is 2.07 bits per heavy atom. The molecular weight excluding hydrogens is 178 g/mol. The minimum Gasteiger partial charge on any atom is -0.478 e. The van der Waals surface area contributed by atoms with E-state index < -0.39 is 5.97 Å². The van der Waals surface area contributed by atoms with Crippen LogP contribution in [0.25, 0.3) is 10.9 Å². The molecule has 0 atom stereocenters. The maximum absolute atomic E-state index is 10.7. The number of hydrogen-bond donors (Lipinski definition) is 2. The standard InChI is InChI=1S/C11H11NO2/c1-6-7(2)12-10-5-8(11(13)14)3-4-9(6)10/h3-5,12H,1-2H3,(H,13,14). The van der Waals surface area contributed by atoms with E-state index in [0.29, 0.717) is 5.56 Å². The van der Waals surface area contributed by atoms with Crippen molar-refractivity contribution in [2.75, 3.05) is 0 Å². The molecule has 0 aliphatic rings. The average Bonchev–Trinajstić information content (AvgIpc) is 2.42. The van der Waals surface area contributed by atoms with Crippen molar-refractivity contribution in [1.29, 1.82) is 0 Å². The van der Waals surface area contributed by atoms with Crippen LogP contribution in [-0.4, -0.2) is 16.1 Å². The third kappa shape index (κ3) is 1.18. The molecule has 2 N–H and O–H groups in total. The van der Waals surface area contributed by atoms with Crippen molar-refractivity contribution in [3.63, 3.8) is 0 Å². The second-order valence-corrected chi connectivity index (χ2v) is 3.44. The van der Waals surface area contributed by atoms with Crippen molar-refractivity contribution < 1.29 is 9.90 Å². The lowest BCUT2D eigenvalue weighted by atomic mass is 10.1. The highest BCUT2D eigenvalue weighted by Gasteiger charge is 2.07. The van der Waals surface area contributed by atoms with Gasteiger partial charge < -0.3 is 10.1 Å². The van der Waals surface area contributed by atoms with Gasteiger partial charge in [0.25, 0.3) is 0 Å². The molecule has 0 radical (unpaired) electrons. The monoisotopic (exact) mass is 189 g/mol. The molecular formula is C11H11NO2. The maximum atomic E-state index is 10.7. The number of nitrogens with one attached hydrogen (secondary N) is 1. The van der Waals surface area contributed by atoms with Gasteiger partial charge in [-0.05, 0) is 31.5 Å². The fourth-order valence-corrected chi connectivity index (χ4v) is 1.61. The summed E-state index contributed by atoms with van der Waals surface area (Å²) in [7, 11) is 0. The van der Waals surface area contributed by atoms with Gasteiger partial charge in [0.2, 0.25) is 0 Å². The number of H-pyrrole nitrogens is 1. The van der Waals surface area contributed by atoms with E-state index in [1.165, 1.54) is 5.56 Å². The van der Waals surface area contributed by atoms with Crippen LogP contribution in [0.4, 0.5) is 0 Å². The van der Waals surface area contributed by atoms with E-state index >= 15 is 0 Å². The van der Waals surface area contributed by atoms with Gasteiger partial charge in [0, 0.05) is 16.6 Å². The van der Waals surface area contributed by atoms with E-state index in [1.54, 1.807) is 12.1 Å². The number of aromatic nitrogens is 1. The zero-order valence-electron chi connectivity index (χ0n) is 8.09. The zero-order valence-corrected chi connectivity index (χ0v) is 8.09. The van der Waals surface area contributed by atoms with Gasteiger partial charge in [0.1, 0.15) is 0 Å². The number of carbonyl (C=O) groups is 1. The van der Waals surface area contributed by atoms with Gasteiger partial charge in [-0.2, -0.15) is 0 Å². The van der Waals surface area contributed by atoms with E-state index in [2.05, 4.69) is 4.98 Å². The minimum atomic E-state index is -0.892. The van der Waals surface area contributed by atoms with Gasteiger partial charge in [0.15, 0.2) is 0 Å². The third-order valence-corrected chi connectivity index (χ3v) is 2.56. The summed E-state index contributed by atoms with van der Waals surface area (Å²) < 4.78 is 0. The first-order valence-electron chi connectivity index (χ1n) is 4.42. The number of fused-ring (bicyclic) bond motifs is 1. The number of hydrogen-bond acceptors (Lipinski definition) is 1. The third-order valence-electron chi connectivity index (χ3n) is 2.56. The van der Waals surface area contributed by atoms with E-state index in [9.17, 15) is 4.79 Å². The Hall–Kier alpha value is -1.77. The Balaban J connectivity index is 2.73. The highest BCUT2D eigenvalue weighted by Crippen LogP contribution is 2.21. The summed E-state index contributed by atoms with van der Waals surface area (Å²) in [5.41, 5.74) is 3.47. The summed E-state index contributed by atoms with van der Waals surface area (Å²) >= 11 is 0. The first-order valence-corrected chi connectivity index (χ1v) is 4.42. The smallest absolute Gasteiger partial charge is 0.335 e. The average molecular weight is 189 g/mol. The molecule has 3 heteroatoms. The lowest BCUT2D eigenvalue weighted by Gasteiger charge is -1.94. The van der Waals surface area contributed by atoms with Gasteiger partial charge in [-0.25, -0.2) is 4.79 Å². The molecule has 1 heterocycles. The molecule has 0 saturated heterocycles. The molecule has 0 spiro atoms. The highest BCUT2D eigenvalue weighted by atomic mass is 16.4. The van der Waals surface area contributed by atoms with Gasteiger partial charge in [-0.3, -0.25) is 0 Å². The topological polar surface area (TPSA) is 53.1 Å². The molecule has 0 saturated carbocycles. The Morgan fingerprint density at radius 1 is 1.36 bits per heavy atom. The molecule has 0 aliphatic heterocycles. The van der Waals surface area contributed by atoms with E-state index in [0.717, 1.165) is 16.6 Å². The maximum Gasteiger partial charge on any atom is 0.335 e. The molecule has 0 amide bonds. The number of carboxylic acid groups (broad SMARTS) is 1. The predicted molar refractivity (Wildman–Crippen MR) is 54.7 cm³/mol. The predicted octanol–water partition coefficient (Wildman–Crippen LogP) is 2.48. The summed E-state index contributed by atoms with van der Waals surface area (Å²) in [4.78, 5) is 13.9. The largest absolute Gasteiger partial charge is 0.478 e. The first-order chi connectivity index (χ1) is 6.59. The van der Waals surface area contributed by atoms with Crippen molar-refractivity contribution in [1.82, 2.24) is 4.98 Å². The quantitative estimate of drug-likeness (QED) is 0.724. The van der Waals surface area contributed by atoms with Crippen molar-refractivity contribution in [2.45, 2.75) is 13.8 Å². The van der Waals surface area contributed by atoms with Crippen LogP contribution in [0.5, 0.6) is 0 Å². The molecule has 0 fully saturated rings. The number of benzene rings is 1. The van der Waals surface area contributed by atoms with Crippen LogP contribution < -0.4 is 0 Å². The fourth-order valence-electron chi connectivity index (χ4n) is 1.61. The van der Waals surface area contributed by atoms with Gasteiger partial charge in [-0.15, -0.1) is 0 Å². The van der Waals surface area contributed by atoms with E-state index in [4.69, 9.17) is 5.11 Å². The summed E-state index contributed by atoms with van der Waals surface area (Å²) in [6.07, 6.45) is 0. The van der Waals surface area contributed by atoms with Crippen LogP contribution in [0.15, 0.2) is 18.2 Å². The minimum absolute atomic E-state index is 0.318. The molecule has 3 nitrogen and oxygen atoms in total. The number of carboxylic acids is 1. The van der Waals surface area contributed by atoms with Gasteiger partial charge in [-0.1, -0.05) is 6.07 Å². The van der Waals surface area contributed by atoms with Gasteiger partial charge in [0.05, 0.1) is 5.56 Å². The second kappa shape index (κ2) is 2.87. The number of aromatic amines is 1. The summed E-state index contributed by atoms with van der Waals surface area (Å²) in [5, 5.41) is 9.90. The van der Waals surface area contributed by atoms with Crippen LogP contribution >= 0.6 is 0 Å². The fraction of sp³-hybridized carbons (Fsp3) is 0.182. The summed E-state index contributed by atoms with van der Waals surface area (Å²) in [6, 6.07) is 5.14. The molecule has 14 heavy (non-hydrogen) atoms. The zero-order chi connectivity index (χ0) is 10.3. The molecule has 0 bridgehead atoms. The molecule has 0 aliphatic carbocycles. The molecule has 72 valence electrons. The SMILES string of the molecule is Cc1[nH]c2cc(C(=O)O)ccc2c1C. The Labute approximate surface area is 81.4 Å². The Kier molecular flexibility index (Phi) is 1.81. The van der Waals surface area contributed by atoms with Crippen molar-refractivity contribution in [2.24, 2.45) is 0 Å². The van der Waals surface area contributed by atoms with Crippen LogP contribution in [0, 0.1) is 13.8 Å². The Morgan fingerprint density at radius 3 is 2.71 bits per heavy atom. The number of aromatic carboxylic acids is 1. The summed E-state index contributed by atoms with van der Waals surface area (Å²) in [5.74, 6) is -0.892. The van der Waals surface area contributed by atoms with Crippen LogP contribution in [-0.2, 0) is 0 Å². The van der Waals surface area contributed by atoms with Crippen LogP contribution in [0.2, 0.25) is 0 Å². The normalized spacial score (nSPS) is 10.7. The molecule has 0 unspecified atom stereocenters. The van der Waals surface area contributed by atoms with Crippen molar-refractivity contribution in [3.8, 4) is 0 Å². The van der Waals surface area contributed by atoms with Crippen LogP contribution in [0.3, 0.4) is 0 Å².